The van der Waals surface area contributed by atoms with Gasteiger partial charge in [0, 0.05) is 14.5 Å². The molecule has 0 aliphatic carbocycles. The average Bonchev–Trinajstić information content (AvgIpc) is 2.75. The van der Waals surface area contributed by atoms with Gasteiger partial charge in [0.2, 0.25) is 0 Å². The summed E-state index contributed by atoms with van der Waals surface area (Å²) in [6, 6.07) is 0. The van der Waals surface area contributed by atoms with Gasteiger partial charge in [0.05, 0.1) is 26.4 Å². The maximum Gasteiger partial charge on any atom is 0.0701 e. The molecule has 0 spiro atoms. The number of ether oxygens (including phenoxy) is 2. The maximum atomic E-state index is 5.49. The smallest absolute Gasteiger partial charge is 0.0701 e. The summed E-state index contributed by atoms with van der Waals surface area (Å²) in [7, 11) is 1.93. The Labute approximate surface area is 94.4 Å². The first kappa shape index (κ1) is 12.9. The fourth-order valence-electron chi connectivity index (χ4n) is 1.70. The van der Waals surface area contributed by atoms with E-state index in [2.05, 4.69) is 10.2 Å². The lowest BCUT2D eigenvalue weighted by atomic mass is 10.4. The molecule has 4 nitrogen and oxygen atoms in total. The van der Waals surface area contributed by atoms with Gasteiger partial charge < -0.3 is 19.7 Å². The molecule has 15 heavy (non-hydrogen) atoms. The molecule has 0 amide bonds. The minimum atomic E-state index is 0. The molecule has 0 aromatic heterocycles. The number of rotatable bonds is 9. The van der Waals surface area contributed by atoms with Gasteiger partial charge in [-0.15, -0.1) is 0 Å². The highest BCUT2D eigenvalue weighted by molar-refractivity contribution is 4.64. The summed E-state index contributed by atoms with van der Waals surface area (Å²) in [6.45, 7) is 7.54. The summed E-state index contributed by atoms with van der Waals surface area (Å²) in [4.78, 5) is 2.46. The van der Waals surface area contributed by atoms with Crippen molar-refractivity contribution in [2.24, 2.45) is 0 Å². The summed E-state index contributed by atoms with van der Waals surface area (Å²) in [5.41, 5.74) is 0. The van der Waals surface area contributed by atoms with Crippen LogP contribution in [0.4, 0.5) is 0 Å². The van der Waals surface area contributed by atoms with Crippen molar-refractivity contribution in [3.8, 4) is 0 Å². The topological polar surface area (TPSA) is 33.7 Å². The highest BCUT2D eigenvalue weighted by atomic mass is 16.5. The zero-order valence-corrected chi connectivity index (χ0v) is 9.83. The third-order valence-electron chi connectivity index (χ3n) is 2.62. The van der Waals surface area contributed by atoms with Crippen molar-refractivity contribution in [2.45, 2.75) is 12.8 Å². The molecule has 0 bridgehead atoms. The van der Waals surface area contributed by atoms with Crippen LogP contribution < -0.4 is 5.32 Å². The maximum absolute atomic E-state index is 5.49. The second-order valence-electron chi connectivity index (χ2n) is 3.88. The fraction of sp³-hybridized carbons (Fsp3) is 1.00. The number of hydrogen-bond donors (Lipinski definition) is 1. The van der Waals surface area contributed by atoms with E-state index in [4.69, 9.17) is 9.47 Å². The number of nitrogens with one attached hydrogen (secondary N) is 1. The molecule has 1 aliphatic rings. The average molecular weight is 220 g/mol. The molecule has 1 saturated heterocycles. The van der Waals surface area contributed by atoms with Gasteiger partial charge in [-0.3, -0.25) is 0 Å². The molecule has 4 heteroatoms. The monoisotopic (exact) mass is 220 g/mol. The van der Waals surface area contributed by atoms with Crippen molar-refractivity contribution in [3.63, 3.8) is 0 Å². The summed E-state index contributed by atoms with van der Waals surface area (Å²) in [5.74, 6) is 0. The van der Waals surface area contributed by atoms with Crippen molar-refractivity contribution >= 4 is 0 Å². The lowest BCUT2D eigenvalue weighted by Crippen LogP contribution is -2.24. The van der Waals surface area contributed by atoms with Crippen molar-refractivity contribution in [3.05, 3.63) is 0 Å². The Bertz CT molecular complexity index is 144. The van der Waals surface area contributed by atoms with Gasteiger partial charge in [-0.05, 0) is 33.0 Å². The molecular weight excluding hydrogens is 192 g/mol. The van der Waals surface area contributed by atoms with Crippen LogP contribution in [-0.2, 0) is 9.47 Å². The van der Waals surface area contributed by atoms with E-state index in [0.717, 1.165) is 32.9 Å². The summed E-state index contributed by atoms with van der Waals surface area (Å²) < 4.78 is 10.8. The van der Waals surface area contributed by atoms with E-state index in [1.165, 1.54) is 25.9 Å². The third kappa shape index (κ3) is 6.84. The summed E-state index contributed by atoms with van der Waals surface area (Å²) in [5, 5.41) is 3.03. The second-order valence-corrected chi connectivity index (χ2v) is 3.88. The Balaban J connectivity index is 0.00000225. The van der Waals surface area contributed by atoms with Crippen molar-refractivity contribution in [2.75, 3.05) is 59.7 Å². The highest BCUT2D eigenvalue weighted by Gasteiger charge is 2.09. The van der Waals surface area contributed by atoms with Gasteiger partial charge in [0.15, 0.2) is 0 Å². The zero-order chi connectivity index (χ0) is 10.8. The van der Waals surface area contributed by atoms with Crippen LogP contribution in [0.1, 0.15) is 14.3 Å². The van der Waals surface area contributed by atoms with Crippen molar-refractivity contribution in [1.82, 2.24) is 10.2 Å². The van der Waals surface area contributed by atoms with Crippen LogP contribution in [0.5, 0.6) is 0 Å². The Hall–Kier alpha value is -0.160. The first-order valence-corrected chi connectivity index (χ1v) is 5.96. The van der Waals surface area contributed by atoms with Gasteiger partial charge in [0.1, 0.15) is 0 Å². The quantitative estimate of drug-likeness (QED) is 0.576. The molecule has 0 atom stereocenters. The van der Waals surface area contributed by atoms with Gasteiger partial charge in [-0.2, -0.15) is 0 Å². The second kappa shape index (κ2) is 9.09. The molecule has 0 aromatic carbocycles. The molecular formula is C11H26N2O2. The highest BCUT2D eigenvalue weighted by Crippen LogP contribution is 2.05. The van der Waals surface area contributed by atoms with Crippen LogP contribution in [-0.4, -0.2) is 64.6 Å². The SMILES string of the molecule is CNCCOCCOCCN1CCCC1.[3HH]. The van der Waals surface area contributed by atoms with Crippen LogP contribution >= 0.6 is 0 Å². The predicted octanol–water partition coefficient (Wildman–Crippen LogP) is 0.581. The third-order valence-corrected chi connectivity index (χ3v) is 2.62. The Morgan fingerprint density at radius 1 is 1.07 bits per heavy atom. The van der Waals surface area contributed by atoms with Crippen LogP contribution in [0.3, 0.4) is 0 Å². The van der Waals surface area contributed by atoms with E-state index in [1.807, 2.05) is 7.05 Å². The van der Waals surface area contributed by atoms with Gasteiger partial charge in [-0.25, -0.2) is 0 Å². The van der Waals surface area contributed by atoms with E-state index in [9.17, 15) is 0 Å². The van der Waals surface area contributed by atoms with Crippen LogP contribution in [0.15, 0.2) is 0 Å². The molecule has 0 saturated carbocycles. The molecule has 1 fully saturated rings. The Morgan fingerprint density at radius 3 is 2.40 bits per heavy atom. The fourth-order valence-corrected chi connectivity index (χ4v) is 1.70. The van der Waals surface area contributed by atoms with Crippen LogP contribution in [0.2, 0.25) is 0 Å². The molecule has 1 N–H and O–H groups in total. The number of hydrogen-bond acceptors (Lipinski definition) is 4. The van der Waals surface area contributed by atoms with Crippen molar-refractivity contribution in [1.29, 1.82) is 0 Å². The molecule has 0 unspecified atom stereocenters. The lowest BCUT2D eigenvalue weighted by molar-refractivity contribution is 0.0421. The van der Waals surface area contributed by atoms with E-state index in [-0.39, 0.29) is 1.43 Å². The Morgan fingerprint density at radius 2 is 1.73 bits per heavy atom. The predicted molar refractivity (Wildman–Crippen MR) is 63.4 cm³/mol. The minimum Gasteiger partial charge on any atom is -0.378 e. The minimum absolute atomic E-state index is 0. The lowest BCUT2D eigenvalue weighted by Gasteiger charge is -2.14. The first-order valence-electron chi connectivity index (χ1n) is 5.96. The number of nitrogens with zero attached hydrogens (tertiary/aromatic N) is 1. The molecule has 1 rings (SSSR count). The largest absolute Gasteiger partial charge is 0.378 e. The molecule has 1 aliphatic heterocycles. The van der Waals surface area contributed by atoms with Crippen LogP contribution in [0, 0.1) is 0 Å². The normalized spacial score (nSPS) is 17.4. The van der Waals surface area contributed by atoms with E-state index in [0.29, 0.717) is 6.61 Å². The van der Waals surface area contributed by atoms with Crippen LogP contribution in [0.25, 0.3) is 0 Å². The number of likely N-dealkylation sites (tertiary alicyclic amines) is 1. The molecule has 0 radical (unpaired) electrons. The molecule has 0 aromatic rings. The van der Waals surface area contributed by atoms with Crippen molar-refractivity contribution < 1.29 is 10.9 Å². The first-order chi connectivity index (χ1) is 7.43. The molecule has 1 heterocycles. The molecule has 92 valence electrons. The van der Waals surface area contributed by atoms with Gasteiger partial charge in [0.25, 0.3) is 0 Å². The summed E-state index contributed by atoms with van der Waals surface area (Å²) in [6.07, 6.45) is 2.71. The van der Waals surface area contributed by atoms with Gasteiger partial charge >= 0.3 is 0 Å². The standard InChI is InChI=1S/C11H24N2O2.H2/c1-12-4-8-14-10-11-15-9-7-13-5-2-3-6-13;/h12H,2-11H2,1H3;1H/i;1+2. The van der Waals surface area contributed by atoms with E-state index < -0.39 is 0 Å². The zero-order valence-electron chi connectivity index (χ0n) is 9.83. The summed E-state index contributed by atoms with van der Waals surface area (Å²) >= 11 is 0. The van der Waals surface area contributed by atoms with E-state index in [1.54, 1.807) is 0 Å². The number of likely N-dealkylation sites (N-methyl/N-ethyl adjacent to an activating group) is 1. The van der Waals surface area contributed by atoms with Gasteiger partial charge in [-0.1, -0.05) is 0 Å². The van der Waals surface area contributed by atoms with E-state index >= 15 is 0 Å². The Kier molecular flexibility index (Phi) is 7.83.